The predicted molar refractivity (Wildman–Crippen MR) is 188 cm³/mol. The zero-order valence-electron chi connectivity index (χ0n) is 28.9. The fourth-order valence-electron chi connectivity index (χ4n) is 10.8. The SMILES string of the molecule is CC[C@@H](NC(=O)C[C@@H](C)C1CC[C@H]2[C@@H]3[C@H](OC(=O)CCCCCCC(=O)O)C[C@@H]4CC(=O)CC[C@]4(C)[C@H]3CC[C@]12C)c1ccc(Br)s1. The fourth-order valence-corrected chi connectivity index (χ4v) is 12.3. The Balaban J connectivity index is 1.27. The molecule has 10 atom stereocenters. The number of thiophene rings is 1. The van der Waals surface area contributed by atoms with Crippen LogP contribution in [0.5, 0.6) is 0 Å². The number of halogens is 1. The minimum Gasteiger partial charge on any atom is -0.481 e. The summed E-state index contributed by atoms with van der Waals surface area (Å²) in [6.07, 6.45) is 12.1. The minimum atomic E-state index is -0.774. The molecule has 2 N–H and O–H groups in total. The average molecular weight is 735 g/mol. The third kappa shape index (κ3) is 8.02. The molecule has 0 spiro atoms. The van der Waals surface area contributed by atoms with Crippen LogP contribution < -0.4 is 5.32 Å². The quantitative estimate of drug-likeness (QED) is 0.146. The Morgan fingerprint density at radius 3 is 2.45 bits per heavy atom. The molecule has 1 aromatic heterocycles. The molecule has 1 heterocycles. The second-order valence-corrected chi connectivity index (χ2v) is 18.4. The summed E-state index contributed by atoms with van der Waals surface area (Å²) in [6.45, 7) is 9.28. The topological polar surface area (TPSA) is 110 Å². The lowest BCUT2D eigenvalue weighted by atomic mass is 9.43. The van der Waals surface area contributed by atoms with Crippen molar-refractivity contribution >= 4 is 50.9 Å². The van der Waals surface area contributed by atoms with Gasteiger partial charge in [0.1, 0.15) is 11.9 Å². The number of carbonyl (C=O) groups is 4. The molecule has 0 bridgehead atoms. The van der Waals surface area contributed by atoms with Crippen LogP contribution in [-0.4, -0.2) is 34.8 Å². The van der Waals surface area contributed by atoms with E-state index in [0.29, 0.717) is 62.1 Å². The molecule has 0 saturated heterocycles. The summed E-state index contributed by atoms with van der Waals surface area (Å²) < 4.78 is 7.51. The molecule has 47 heavy (non-hydrogen) atoms. The van der Waals surface area contributed by atoms with Crippen molar-refractivity contribution in [1.29, 1.82) is 0 Å². The van der Waals surface area contributed by atoms with Crippen LogP contribution in [0.25, 0.3) is 0 Å². The summed E-state index contributed by atoms with van der Waals surface area (Å²) >= 11 is 5.23. The van der Waals surface area contributed by atoms with Crippen molar-refractivity contribution in [2.75, 3.05) is 0 Å². The van der Waals surface area contributed by atoms with E-state index in [1.807, 2.05) is 6.07 Å². The van der Waals surface area contributed by atoms with Gasteiger partial charge in [-0.05, 0) is 126 Å². The Bertz CT molecular complexity index is 1300. The third-order valence-electron chi connectivity index (χ3n) is 13.2. The first-order valence-corrected chi connectivity index (χ1v) is 19.9. The molecule has 4 saturated carbocycles. The molecule has 0 radical (unpaired) electrons. The molecule has 4 fully saturated rings. The highest BCUT2D eigenvalue weighted by Crippen LogP contribution is 2.68. The van der Waals surface area contributed by atoms with Crippen molar-refractivity contribution in [1.82, 2.24) is 5.32 Å². The van der Waals surface area contributed by atoms with E-state index in [4.69, 9.17) is 9.84 Å². The van der Waals surface area contributed by atoms with Gasteiger partial charge < -0.3 is 15.2 Å². The van der Waals surface area contributed by atoms with E-state index in [2.05, 4.69) is 55.0 Å². The molecule has 1 aromatic rings. The molecule has 1 unspecified atom stereocenters. The summed E-state index contributed by atoms with van der Waals surface area (Å²) in [5.41, 5.74) is 0.189. The van der Waals surface area contributed by atoms with E-state index < -0.39 is 5.97 Å². The maximum absolute atomic E-state index is 13.4. The molecule has 0 aliphatic heterocycles. The van der Waals surface area contributed by atoms with E-state index in [9.17, 15) is 19.2 Å². The zero-order chi connectivity index (χ0) is 33.9. The Kier molecular flexibility index (Phi) is 12.0. The largest absolute Gasteiger partial charge is 0.481 e. The molecule has 4 aliphatic carbocycles. The van der Waals surface area contributed by atoms with Crippen LogP contribution in [0.2, 0.25) is 0 Å². The molecular formula is C38H56BrNO6S. The lowest BCUT2D eigenvalue weighted by Gasteiger charge is -2.62. The first-order chi connectivity index (χ1) is 22.4. The van der Waals surface area contributed by atoms with E-state index >= 15 is 0 Å². The van der Waals surface area contributed by atoms with Gasteiger partial charge in [0.25, 0.3) is 0 Å². The lowest BCUT2D eigenvalue weighted by Crippen LogP contribution is -2.59. The number of amides is 1. The van der Waals surface area contributed by atoms with Gasteiger partial charge >= 0.3 is 11.9 Å². The van der Waals surface area contributed by atoms with Crippen LogP contribution in [0.1, 0.15) is 141 Å². The van der Waals surface area contributed by atoms with Gasteiger partial charge in [0, 0.05) is 42.9 Å². The smallest absolute Gasteiger partial charge is 0.306 e. The van der Waals surface area contributed by atoms with Crippen molar-refractivity contribution < 1.29 is 29.0 Å². The average Bonchev–Trinajstić information content (AvgIpc) is 3.61. The van der Waals surface area contributed by atoms with E-state index in [1.54, 1.807) is 11.3 Å². The van der Waals surface area contributed by atoms with Crippen molar-refractivity contribution in [3.63, 3.8) is 0 Å². The molecule has 7 nitrogen and oxygen atoms in total. The number of ether oxygens (including phenoxy) is 1. The number of hydrogen-bond donors (Lipinski definition) is 2. The molecule has 1 amide bonds. The number of carboxylic acid groups (broad SMARTS) is 1. The van der Waals surface area contributed by atoms with Gasteiger partial charge in [-0.15, -0.1) is 11.3 Å². The summed E-state index contributed by atoms with van der Waals surface area (Å²) in [7, 11) is 0. The van der Waals surface area contributed by atoms with Crippen LogP contribution >= 0.6 is 27.3 Å². The molecule has 5 rings (SSSR count). The molecule has 0 aromatic carbocycles. The number of nitrogens with one attached hydrogen (secondary N) is 1. The number of fused-ring (bicyclic) bond motifs is 5. The highest BCUT2D eigenvalue weighted by molar-refractivity contribution is 9.11. The number of carbonyl (C=O) groups excluding carboxylic acids is 3. The fraction of sp³-hybridized carbons (Fsp3) is 0.789. The summed E-state index contributed by atoms with van der Waals surface area (Å²) in [5, 5.41) is 12.2. The van der Waals surface area contributed by atoms with Gasteiger partial charge in [0.05, 0.1) is 9.83 Å². The van der Waals surface area contributed by atoms with Crippen molar-refractivity contribution in [3.05, 3.63) is 20.8 Å². The standard InChI is InChI=1S/C38H56BrNO6S/c1-5-29(31-14-15-32(39)47-31)40-33(42)20-23(2)26-12-13-27-36-28(17-19-38(26,27)4)37(3)18-16-25(41)21-24(37)22-30(36)46-35(45)11-9-7-6-8-10-34(43)44/h14-15,23-24,26-30,36H,5-13,16-22H2,1-4H3,(H,40,42)(H,43,44)/t23-,24+,26?,27+,28+,29-,30-,36+,37+,38-/m1/s1. The first-order valence-electron chi connectivity index (χ1n) is 18.3. The summed E-state index contributed by atoms with van der Waals surface area (Å²) in [4.78, 5) is 51.3. The van der Waals surface area contributed by atoms with Gasteiger partial charge in [0.2, 0.25) is 5.91 Å². The van der Waals surface area contributed by atoms with Crippen LogP contribution in [-0.2, 0) is 23.9 Å². The maximum atomic E-state index is 13.4. The van der Waals surface area contributed by atoms with Gasteiger partial charge in [-0.3, -0.25) is 19.2 Å². The Morgan fingerprint density at radius 2 is 1.77 bits per heavy atom. The number of ketones is 1. The van der Waals surface area contributed by atoms with Gasteiger partial charge in [0.15, 0.2) is 0 Å². The van der Waals surface area contributed by atoms with Gasteiger partial charge in [-0.2, -0.15) is 0 Å². The van der Waals surface area contributed by atoms with Crippen LogP contribution in [0.15, 0.2) is 15.9 Å². The Labute approximate surface area is 293 Å². The molecule has 9 heteroatoms. The minimum absolute atomic E-state index is 0.0341. The monoisotopic (exact) mass is 733 g/mol. The first kappa shape index (κ1) is 36.5. The molecular weight excluding hydrogens is 678 g/mol. The number of Topliss-reactive ketones (excluding diaryl/α,β-unsaturated/α-hetero) is 1. The van der Waals surface area contributed by atoms with Gasteiger partial charge in [-0.1, -0.05) is 40.5 Å². The van der Waals surface area contributed by atoms with E-state index in [0.717, 1.165) is 61.6 Å². The summed E-state index contributed by atoms with van der Waals surface area (Å²) in [6, 6.07) is 4.17. The van der Waals surface area contributed by atoms with Crippen molar-refractivity contribution in [2.24, 2.45) is 46.3 Å². The van der Waals surface area contributed by atoms with Crippen LogP contribution in [0.3, 0.4) is 0 Å². The highest BCUT2D eigenvalue weighted by Gasteiger charge is 2.64. The normalized spacial score (nSPS) is 34.4. The summed E-state index contributed by atoms with van der Waals surface area (Å²) in [5.74, 6) is 1.69. The Morgan fingerprint density at radius 1 is 1.04 bits per heavy atom. The lowest BCUT2D eigenvalue weighted by molar-refractivity contribution is -0.191. The maximum Gasteiger partial charge on any atom is 0.306 e. The van der Waals surface area contributed by atoms with E-state index in [-0.39, 0.29) is 59.0 Å². The number of hydrogen-bond acceptors (Lipinski definition) is 6. The number of rotatable bonds is 14. The third-order valence-corrected chi connectivity index (χ3v) is 15.0. The van der Waals surface area contributed by atoms with E-state index in [1.165, 1.54) is 4.88 Å². The second kappa shape index (κ2) is 15.4. The van der Waals surface area contributed by atoms with Crippen LogP contribution in [0, 0.1) is 46.3 Å². The predicted octanol–water partition coefficient (Wildman–Crippen LogP) is 9.28. The number of unbranched alkanes of at least 4 members (excludes halogenated alkanes) is 3. The number of carboxylic acids is 1. The molecule has 4 aliphatic rings. The Hall–Kier alpha value is -1.74. The highest BCUT2D eigenvalue weighted by atomic mass is 79.9. The second-order valence-electron chi connectivity index (χ2n) is 15.9. The van der Waals surface area contributed by atoms with Crippen molar-refractivity contribution in [2.45, 2.75) is 143 Å². The van der Waals surface area contributed by atoms with Crippen LogP contribution in [0.4, 0.5) is 0 Å². The molecule has 262 valence electrons. The van der Waals surface area contributed by atoms with Gasteiger partial charge in [-0.25, -0.2) is 0 Å². The zero-order valence-corrected chi connectivity index (χ0v) is 31.3. The number of esters is 1. The number of aliphatic carboxylic acids is 1. The van der Waals surface area contributed by atoms with Crippen molar-refractivity contribution in [3.8, 4) is 0 Å².